The molecule has 0 aromatic rings. The summed E-state index contributed by atoms with van der Waals surface area (Å²) in [7, 11) is 1.58. The number of nitrogens with zero attached hydrogens (tertiary/aromatic N) is 1. The molecule has 54 valence electrons. The van der Waals surface area contributed by atoms with Crippen LogP contribution >= 0.6 is 0 Å². The predicted molar refractivity (Wildman–Crippen MR) is 32.2 cm³/mol. The van der Waals surface area contributed by atoms with Crippen LogP contribution in [0.1, 0.15) is 0 Å². The molecule has 9 heavy (non-hydrogen) atoms. The molecule has 1 unspecified atom stereocenters. The van der Waals surface area contributed by atoms with E-state index in [1.54, 1.807) is 7.11 Å². The number of hydrogen-bond donors (Lipinski definition) is 2. The van der Waals surface area contributed by atoms with Crippen molar-refractivity contribution < 1.29 is 9.94 Å². The Labute approximate surface area is 54.4 Å². The van der Waals surface area contributed by atoms with Gasteiger partial charge in [-0.2, -0.15) is 5.06 Å². The number of hydroxylamine groups is 2. The van der Waals surface area contributed by atoms with Crippen LogP contribution < -0.4 is 5.32 Å². The minimum atomic E-state index is -0.168. The molecule has 1 atom stereocenters. The second-order valence-electron chi connectivity index (χ2n) is 2.06. The molecule has 0 radical (unpaired) electrons. The van der Waals surface area contributed by atoms with E-state index >= 15 is 0 Å². The van der Waals surface area contributed by atoms with Gasteiger partial charge >= 0.3 is 0 Å². The highest BCUT2D eigenvalue weighted by atomic mass is 16.6. The Hall–Kier alpha value is -0.160. The summed E-state index contributed by atoms with van der Waals surface area (Å²) in [6, 6.07) is 0. The second-order valence-corrected chi connectivity index (χ2v) is 2.06. The first-order valence-electron chi connectivity index (χ1n) is 3.03. The van der Waals surface area contributed by atoms with Crippen LogP contribution in [0.4, 0.5) is 0 Å². The van der Waals surface area contributed by atoms with E-state index in [4.69, 9.17) is 9.94 Å². The van der Waals surface area contributed by atoms with E-state index in [0.29, 0.717) is 13.1 Å². The third-order valence-corrected chi connectivity index (χ3v) is 1.44. The van der Waals surface area contributed by atoms with Gasteiger partial charge in [0.1, 0.15) is 6.23 Å². The van der Waals surface area contributed by atoms with Crippen LogP contribution in [0, 0.1) is 0 Å². The normalized spacial score (nSPS) is 30.7. The van der Waals surface area contributed by atoms with Crippen molar-refractivity contribution in [3.05, 3.63) is 0 Å². The quantitative estimate of drug-likeness (QED) is 0.493. The summed E-state index contributed by atoms with van der Waals surface area (Å²) in [4.78, 5) is 0. The maximum Gasteiger partial charge on any atom is 0.144 e. The van der Waals surface area contributed by atoms with Gasteiger partial charge in [0.25, 0.3) is 0 Å². The standard InChI is InChI=1S/C5H12N2O2/c1-9-5-4-6-2-3-7(5)8/h5-6,8H,2-4H2,1H3. The van der Waals surface area contributed by atoms with Gasteiger partial charge in [0.15, 0.2) is 0 Å². The lowest BCUT2D eigenvalue weighted by atomic mass is 10.4. The summed E-state index contributed by atoms with van der Waals surface area (Å²) in [5.41, 5.74) is 0. The molecule has 0 saturated carbocycles. The third kappa shape index (κ3) is 1.62. The van der Waals surface area contributed by atoms with E-state index in [-0.39, 0.29) is 6.23 Å². The van der Waals surface area contributed by atoms with Gasteiger partial charge in [-0.15, -0.1) is 0 Å². The Morgan fingerprint density at radius 1 is 1.78 bits per heavy atom. The summed E-state index contributed by atoms with van der Waals surface area (Å²) in [6.07, 6.45) is -0.168. The first-order valence-corrected chi connectivity index (χ1v) is 3.03. The lowest BCUT2D eigenvalue weighted by Crippen LogP contribution is -2.50. The molecule has 1 aliphatic heterocycles. The molecule has 0 aromatic heterocycles. The van der Waals surface area contributed by atoms with E-state index in [2.05, 4.69) is 5.32 Å². The van der Waals surface area contributed by atoms with Gasteiger partial charge in [0.05, 0.1) is 0 Å². The van der Waals surface area contributed by atoms with Crippen LogP contribution in [-0.2, 0) is 4.74 Å². The number of nitrogens with one attached hydrogen (secondary N) is 1. The molecule has 4 nitrogen and oxygen atoms in total. The Balaban J connectivity index is 2.30. The van der Waals surface area contributed by atoms with Crippen molar-refractivity contribution in [2.24, 2.45) is 0 Å². The van der Waals surface area contributed by atoms with Gasteiger partial charge in [-0.05, 0) is 0 Å². The largest absolute Gasteiger partial charge is 0.363 e. The molecular weight excluding hydrogens is 120 g/mol. The van der Waals surface area contributed by atoms with Crippen LogP contribution in [0.15, 0.2) is 0 Å². The first kappa shape index (κ1) is 6.95. The molecule has 1 saturated heterocycles. The fourth-order valence-electron chi connectivity index (χ4n) is 0.874. The van der Waals surface area contributed by atoms with Crippen LogP contribution in [-0.4, -0.2) is 43.2 Å². The van der Waals surface area contributed by atoms with Crippen molar-refractivity contribution in [3.8, 4) is 0 Å². The molecule has 2 N–H and O–H groups in total. The number of hydrogen-bond acceptors (Lipinski definition) is 4. The number of methoxy groups -OCH3 is 1. The molecular formula is C5H12N2O2. The molecule has 1 fully saturated rings. The fraction of sp³-hybridized carbons (Fsp3) is 1.00. The minimum Gasteiger partial charge on any atom is -0.363 e. The zero-order chi connectivity index (χ0) is 6.69. The van der Waals surface area contributed by atoms with Crippen LogP contribution in [0.2, 0.25) is 0 Å². The van der Waals surface area contributed by atoms with Gasteiger partial charge in [-0.3, -0.25) is 0 Å². The van der Waals surface area contributed by atoms with E-state index in [1.807, 2.05) is 0 Å². The van der Waals surface area contributed by atoms with Gasteiger partial charge in [0.2, 0.25) is 0 Å². The maximum absolute atomic E-state index is 9.04. The molecule has 0 aromatic carbocycles. The first-order chi connectivity index (χ1) is 4.34. The molecule has 0 amide bonds. The average Bonchev–Trinajstić information content (AvgIpc) is 1.89. The molecule has 0 spiro atoms. The third-order valence-electron chi connectivity index (χ3n) is 1.44. The molecule has 1 rings (SSSR count). The Kier molecular flexibility index (Phi) is 2.41. The molecule has 4 heteroatoms. The zero-order valence-electron chi connectivity index (χ0n) is 5.50. The highest BCUT2D eigenvalue weighted by molar-refractivity contribution is 4.65. The Morgan fingerprint density at radius 3 is 3.00 bits per heavy atom. The zero-order valence-corrected chi connectivity index (χ0v) is 5.50. The average molecular weight is 132 g/mol. The SMILES string of the molecule is COC1CNCCN1O. The minimum absolute atomic E-state index is 0.168. The van der Waals surface area contributed by atoms with Crippen molar-refractivity contribution in [2.75, 3.05) is 26.7 Å². The summed E-state index contributed by atoms with van der Waals surface area (Å²) < 4.78 is 4.92. The van der Waals surface area contributed by atoms with E-state index in [0.717, 1.165) is 6.54 Å². The van der Waals surface area contributed by atoms with Gasteiger partial charge in [0, 0.05) is 26.7 Å². The van der Waals surface area contributed by atoms with Crippen molar-refractivity contribution >= 4 is 0 Å². The van der Waals surface area contributed by atoms with Crippen molar-refractivity contribution in [3.63, 3.8) is 0 Å². The van der Waals surface area contributed by atoms with E-state index in [9.17, 15) is 0 Å². The summed E-state index contributed by atoms with van der Waals surface area (Å²) in [6.45, 7) is 2.17. The highest BCUT2D eigenvalue weighted by Gasteiger charge is 2.18. The molecule has 0 bridgehead atoms. The summed E-state index contributed by atoms with van der Waals surface area (Å²) in [5.74, 6) is 0. The Bertz CT molecular complexity index is 89.0. The second kappa shape index (κ2) is 3.12. The molecule has 0 aliphatic carbocycles. The molecule has 1 heterocycles. The van der Waals surface area contributed by atoms with Crippen molar-refractivity contribution in [2.45, 2.75) is 6.23 Å². The summed E-state index contributed by atoms with van der Waals surface area (Å²) in [5, 5.41) is 13.3. The monoisotopic (exact) mass is 132 g/mol. The van der Waals surface area contributed by atoms with Gasteiger partial charge < -0.3 is 15.3 Å². The highest BCUT2D eigenvalue weighted by Crippen LogP contribution is 1.97. The topological polar surface area (TPSA) is 44.7 Å². The van der Waals surface area contributed by atoms with E-state index in [1.165, 1.54) is 5.06 Å². The number of rotatable bonds is 1. The van der Waals surface area contributed by atoms with Gasteiger partial charge in [-0.25, -0.2) is 0 Å². The lowest BCUT2D eigenvalue weighted by Gasteiger charge is -2.29. The summed E-state index contributed by atoms with van der Waals surface area (Å²) >= 11 is 0. The fourth-order valence-corrected chi connectivity index (χ4v) is 0.874. The van der Waals surface area contributed by atoms with Crippen molar-refractivity contribution in [1.29, 1.82) is 0 Å². The van der Waals surface area contributed by atoms with Crippen LogP contribution in [0.25, 0.3) is 0 Å². The molecule has 1 aliphatic rings. The number of ether oxygens (including phenoxy) is 1. The van der Waals surface area contributed by atoms with Crippen LogP contribution in [0.3, 0.4) is 0 Å². The Morgan fingerprint density at radius 2 is 2.56 bits per heavy atom. The van der Waals surface area contributed by atoms with Gasteiger partial charge in [-0.1, -0.05) is 0 Å². The predicted octanol–water partition coefficient (Wildman–Crippen LogP) is -0.747. The van der Waals surface area contributed by atoms with Crippen LogP contribution in [0.5, 0.6) is 0 Å². The van der Waals surface area contributed by atoms with E-state index < -0.39 is 0 Å². The lowest BCUT2D eigenvalue weighted by molar-refractivity contribution is -0.214. The van der Waals surface area contributed by atoms with Crippen molar-refractivity contribution in [1.82, 2.24) is 10.4 Å². The maximum atomic E-state index is 9.04. The smallest absolute Gasteiger partial charge is 0.144 e. The number of piperazine rings is 1.